The van der Waals surface area contributed by atoms with Gasteiger partial charge in [-0.25, -0.2) is 4.79 Å². The maximum Gasteiger partial charge on any atom is 0.410 e. The average molecular weight is 292 g/mol. The highest BCUT2D eigenvalue weighted by Crippen LogP contribution is 2.22. The molecule has 1 aliphatic rings. The minimum absolute atomic E-state index is 0.0366. The van der Waals surface area contributed by atoms with Gasteiger partial charge in [-0.15, -0.1) is 0 Å². The van der Waals surface area contributed by atoms with E-state index in [2.05, 4.69) is 4.98 Å². The Morgan fingerprint density at radius 3 is 2.81 bits per heavy atom. The molecule has 0 spiro atoms. The molecule has 1 saturated heterocycles. The lowest BCUT2D eigenvalue weighted by molar-refractivity contribution is -0.00557. The predicted octanol–water partition coefficient (Wildman–Crippen LogP) is 3.17. The summed E-state index contributed by atoms with van der Waals surface area (Å²) in [5.41, 5.74) is 0.449. The first-order chi connectivity index (χ1) is 9.85. The number of hydrogen-bond acceptors (Lipinski definition) is 4. The molecule has 1 amide bonds. The maximum atomic E-state index is 12.0. The Morgan fingerprint density at radius 1 is 1.43 bits per heavy atom. The van der Waals surface area contributed by atoms with Crippen LogP contribution in [0, 0.1) is 0 Å². The highest BCUT2D eigenvalue weighted by molar-refractivity contribution is 5.68. The van der Waals surface area contributed by atoms with Gasteiger partial charge in [-0.05, 0) is 46.2 Å². The quantitative estimate of drug-likeness (QED) is 0.858. The Kier molecular flexibility index (Phi) is 4.83. The fraction of sp³-hybridized carbons (Fsp3) is 0.625. The van der Waals surface area contributed by atoms with E-state index in [4.69, 9.17) is 9.47 Å². The summed E-state index contributed by atoms with van der Waals surface area (Å²) in [5.74, 6) is 0. The third-order valence-electron chi connectivity index (χ3n) is 3.30. The van der Waals surface area contributed by atoms with Gasteiger partial charge in [0.05, 0.1) is 24.4 Å². The zero-order valence-electron chi connectivity index (χ0n) is 13.2. The predicted molar refractivity (Wildman–Crippen MR) is 79.9 cm³/mol. The SMILES string of the molecule is C[C@@H](O[C@@H]1CCN(C(=O)OC(C)(C)C)C1)c1ccccn1. The van der Waals surface area contributed by atoms with Crippen LogP contribution in [0.1, 0.15) is 45.9 Å². The van der Waals surface area contributed by atoms with Gasteiger partial charge in [-0.3, -0.25) is 4.98 Å². The minimum atomic E-state index is -0.461. The van der Waals surface area contributed by atoms with Crippen molar-refractivity contribution in [1.29, 1.82) is 0 Å². The van der Waals surface area contributed by atoms with Crippen LogP contribution in [0.2, 0.25) is 0 Å². The summed E-state index contributed by atoms with van der Waals surface area (Å²) in [7, 11) is 0. The first-order valence-electron chi connectivity index (χ1n) is 7.39. The highest BCUT2D eigenvalue weighted by atomic mass is 16.6. The van der Waals surface area contributed by atoms with Crippen molar-refractivity contribution in [3.05, 3.63) is 30.1 Å². The van der Waals surface area contributed by atoms with Crippen LogP contribution in [0.4, 0.5) is 4.79 Å². The molecule has 0 saturated carbocycles. The van der Waals surface area contributed by atoms with Crippen molar-refractivity contribution in [1.82, 2.24) is 9.88 Å². The largest absolute Gasteiger partial charge is 0.444 e. The van der Waals surface area contributed by atoms with E-state index in [1.807, 2.05) is 45.9 Å². The van der Waals surface area contributed by atoms with Crippen LogP contribution in [0.15, 0.2) is 24.4 Å². The van der Waals surface area contributed by atoms with Crippen molar-refractivity contribution in [3.63, 3.8) is 0 Å². The fourth-order valence-electron chi connectivity index (χ4n) is 2.31. The van der Waals surface area contributed by atoms with Crippen LogP contribution >= 0.6 is 0 Å². The zero-order chi connectivity index (χ0) is 15.5. The normalized spacial score (nSPS) is 20.4. The van der Waals surface area contributed by atoms with Gasteiger partial charge in [0.1, 0.15) is 5.60 Å². The highest BCUT2D eigenvalue weighted by Gasteiger charge is 2.31. The summed E-state index contributed by atoms with van der Waals surface area (Å²) in [5, 5.41) is 0. The van der Waals surface area contributed by atoms with Crippen molar-refractivity contribution in [2.24, 2.45) is 0 Å². The molecule has 0 radical (unpaired) electrons. The van der Waals surface area contributed by atoms with Crippen LogP contribution in [0.3, 0.4) is 0 Å². The van der Waals surface area contributed by atoms with E-state index in [9.17, 15) is 4.79 Å². The lowest BCUT2D eigenvalue weighted by Gasteiger charge is -2.24. The lowest BCUT2D eigenvalue weighted by atomic mass is 10.2. The summed E-state index contributed by atoms with van der Waals surface area (Å²) in [4.78, 5) is 18.0. The Labute approximate surface area is 126 Å². The second kappa shape index (κ2) is 6.43. The molecule has 2 rings (SSSR count). The van der Waals surface area contributed by atoms with Crippen molar-refractivity contribution in [2.45, 2.75) is 51.9 Å². The second-order valence-electron chi connectivity index (χ2n) is 6.37. The molecule has 1 fully saturated rings. The van der Waals surface area contributed by atoms with Crippen molar-refractivity contribution >= 4 is 6.09 Å². The zero-order valence-corrected chi connectivity index (χ0v) is 13.2. The van der Waals surface area contributed by atoms with Crippen molar-refractivity contribution < 1.29 is 14.3 Å². The van der Waals surface area contributed by atoms with Gasteiger partial charge in [0.25, 0.3) is 0 Å². The summed E-state index contributed by atoms with van der Waals surface area (Å²) in [6.45, 7) is 8.85. The molecule has 5 heteroatoms. The molecule has 116 valence electrons. The third kappa shape index (κ3) is 4.70. The Morgan fingerprint density at radius 2 is 2.19 bits per heavy atom. The topological polar surface area (TPSA) is 51.7 Å². The summed E-state index contributed by atoms with van der Waals surface area (Å²) in [6, 6.07) is 5.78. The molecule has 2 atom stereocenters. The van der Waals surface area contributed by atoms with E-state index in [0.717, 1.165) is 12.1 Å². The van der Waals surface area contributed by atoms with Crippen LogP contribution in [0.5, 0.6) is 0 Å². The van der Waals surface area contributed by atoms with Crippen LogP contribution < -0.4 is 0 Å². The first-order valence-corrected chi connectivity index (χ1v) is 7.39. The number of hydrogen-bond donors (Lipinski definition) is 0. The molecule has 0 N–H and O–H groups in total. The molecule has 1 aromatic rings. The van der Waals surface area contributed by atoms with Crippen LogP contribution in [-0.2, 0) is 9.47 Å². The molecule has 0 bridgehead atoms. The van der Waals surface area contributed by atoms with Gasteiger partial charge in [-0.2, -0.15) is 0 Å². The van der Waals surface area contributed by atoms with Crippen molar-refractivity contribution in [3.8, 4) is 0 Å². The van der Waals surface area contributed by atoms with E-state index < -0.39 is 5.60 Å². The van der Waals surface area contributed by atoms with E-state index in [1.165, 1.54) is 0 Å². The number of carbonyl (C=O) groups excluding carboxylic acids is 1. The molecule has 0 aromatic carbocycles. The van der Waals surface area contributed by atoms with Gasteiger partial charge in [0, 0.05) is 12.7 Å². The first kappa shape index (κ1) is 15.8. The number of ether oxygens (including phenoxy) is 2. The molecule has 0 aliphatic carbocycles. The minimum Gasteiger partial charge on any atom is -0.444 e. The molecule has 1 aromatic heterocycles. The van der Waals surface area contributed by atoms with Gasteiger partial charge in [0.2, 0.25) is 0 Å². The number of aromatic nitrogens is 1. The van der Waals surface area contributed by atoms with E-state index >= 15 is 0 Å². The molecule has 1 aliphatic heterocycles. The smallest absolute Gasteiger partial charge is 0.410 e. The summed E-state index contributed by atoms with van der Waals surface area (Å²) >= 11 is 0. The van der Waals surface area contributed by atoms with Crippen molar-refractivity contribution in [2.75, 3.05) is 13.1 Å². The van der Waals surface area contributed by atoms with Gasteiger partial charge < -0.3 is 14.4 Å². The van der Waals surface area contributed by atoms with Gasteiger partial charge >= 0.3 is 6.09 Å². The van der Waals surface area contributed by atoms with Crippen LogP contribution in [-0.4, -0.2) is 40.8 Å². The Bertz CT molecular complexity index is 470. The second-order valence-corrected chi connectivity index (χ2v) is 6.37. The average Bonchev–Trinajstić information content (AvgIpc) is 2.86. The number of pyridine rings is 1. The maximum absolute atomic E-state index is 12.0. The molecule has 2 heterocycles. The monoisotopic (exact) mass is 292 g/mol. The van der Waals surface area contributed by atoms with Gasteiger partial charge in [0.15, 0.2) is 0 Å². The standard InChI is InChI=1S/C16H24N2O3/c1-12(14-7-5-6-9-17-14)20-13-8-10-18(11-13)15(19)21-16(2,3)4/h5-7,9,12-13H,8,10-11H2,1-4H3/t12-,13-/m1/s1. The lowest BCUT2D eigenvalue weighted by Crippen LogP contribution is -2.36. The van der Waals surface area contributed by atoms with E-state index in [1.54, 1.807) is 11.1 Å². The van der Waals surface area contributed by atoms with Gasteiger partial charge in [-0.1, -0.05) is 6.07 Å². The molecule has 21 heavy (non-hydrogen) atoms. The van der Waals surface area contributed by atoms with Crippen LogP contribution in [0.25, 0.3) is 0 Å². The number of nitrogens with zero attached hydrogens (tertiary/aromatic N) is 2. The Hall–Kier alpha value is -1.62. The van der Waals surface area contributed by atoms with E-state index in [-0.39, 0.29) is 18.3 Å². The molecule has 0 unspecified atom stereocenters. The summed E-state index contributed by atoms with van der Waals surface area (Å²) in [6.07, 6.45) is 2.29. The number of carbonyl (C=O) groups is 1. The summed E-state index contributed by atoms with van der Waals surface area (Å²) < 4.78 is 11.4. The number of likely N-dealkylation sites (tertiary alicyclic amines) is 1. The third-order valence-corrected chi connectivity index (χ3v) is 3.30. The number of amides is 1. The molecular weight excluding hydrogens is 268 g/mol. The number of rotatable bonds is 3. The molecule has 5 nitrogen and oxygen atoms in total. The van der Waals surface area contributed by atoms with E-state index in [0.29, 0.717) is 13.1 Å². The fourth-order valence-corrected chi connectivity index (χ4v) is 2.31. The Balaban J connectivity index is 1.84. The molecular formula is C16H24N2O3.